The van der Waals surface area contributed by atoms with E-state index in [1.807, 2.05) is 72.8 Å². The molecule has 0 atom stereocenters. The molecule has 0 spiro atoms. The van der Waals surface area contributed by atoms with Crippen molar-refractivity contribution in [3.8, 4) is 37.0 Å². The fraction of sp³-hybridized carbons (Fsp3) is 0. The van der Waals surface area contributed by atoms with Crippen LogP contribution in [0.4, 0.5) is 17.1 Å². The number of benzene rings is 3. The highest BCUT2D eigenvalue weighted by molar-refractivity contribution is 5.80. The van der Waals surface area contributed by atoms with Gasteiger partial charge in [0.25, 0.3) is 0 Å². The van der Waals surface area contributed by atoms with Gasteiger partial charge in [-0.3, -0.25) is 0 Å². The van der Waals surface area contributed by atoms with Gasteiger partial charge in [-0.2, -0.15) is 0 Å². The van der Waals surface area contributed by atoms with Crippen LogP contribution in [-0.4, -0.2) is 0 Å². The number of hydrogen-bond donors (Lipinski definition) is 0. The molecule has 0 aliphatic rings. The van der Waals surface area contributed by atoms with Gasteiger partial charge in [-0.25, -0.2) is 0 Å². The Labute approximate surface area is 148 Å². The molecular weight excluding hydrogens is 302 g/mol. The highest BCUT2D eigenvalue weighted by Crippen LogP contribution is 2.36. The molecule has 0 fully saturated rings. The molecular formula is C24H15N. The summed E-state index contributed by atoms with van der Waals surface area (Å²) in [6, 6.07) is 23.4. The van der Waals surface area contributed by atoms with Crippen LogP contribution in [0, 0.1) is 37.0 Å². The van der Waals surface area contributed by atoms with Gasteiger partial charge in [0.15, 0.2) is 0 Å². The first-order valence-electron chi connectivity index (χ1n) is 7.76. The zero-order valence-electron chi connectivity index (χ0n) is 13.6. The van der Waals surface area contributed by atoms with Gasteiger partial charge >= 0.3 is 0 Å². The van der Waals surface area contributed by atoms with Crippen LogP contribution in [0.3, 0.4) is 0 Å². The summed E-state index contributed by atoms with van der Waals surface area (Å²) in [6.07, 6.45) is 16.6. The van der Waals surface area contributed by atoms with Crippen molar-refractivity contribution in [1.82, 2.24) is 0 Å². The summed E-state index contributed by atoms with van der Waals surface area (Å²) in [6.45, 7) is 0. The largest absolute Gasteiger partial charge is 0.309 e. The minimum absolute atomic E-state index is 0.810. The maximum atomic E-state index is 5.71. The lowest BCUT2D eigenvalue weighted by Gasteiger charge is -2.26. The number of nitrogens with zero attached hydrogens (tertiary/aromatic N) is 1. The second-order valence-electron chi connectivity index (χ2n) is 5.38. The zero-order valence-corrected chi connectivity index (χ0v) is 13.6. The standard InChI is InChI=1S/C24H15N/c1-4-19-11-15-22(16-12-19)25(23-17-13-20(5-2)14-18-23)24-10-8-7-9-21(24)6-3/h1-3,7-18H. The van der Waals surface area contributed by atoms with Gasteiger partial charge in [-0.15, -0.1) is 19.3 Å². The average molecular weight is 317 g/mol. The number of terminal acetylenes is 3. The van der Waals surface area contributed by atoms with E-state index in [1.165, 1.54) is 0 Å². The Balaban J connectivity index is 2.18. The van der Waals surface area contributed by atoms with Gasteiger partial charge in [0, 0.05) is 28.1 Å². The van der Waals surface area contributed by atoms with E-state index in [0.29, 0.717) is 0 Å². The molecule has 0 unspecified atom stereocenters. The molecule has 0 saturated carbocycles. The Hall–Kier alpha value is -3.86. The number of hydrogen-bond acceptors (Lipinski definition) is 1. The van der Waals surface area contributed by atoms with Crippen LogP contribution in [0.2, 0.25) is 0 Å². The van der Waals surface area contributed by atoms with Crippen LogP contribution >= 0.6 is 0 Å². The van der Waals surface area contributed by atoms with Gasteiger partial charge in [0.2, 0.25) is 0 Å². The van der Waals surface area contributed by atoms with Crippen molar-refractivity contribution < 1.29 is 0 Å². The quantitative estimate of drug-likeness (QED) is 0.607. The van der Waals surface area contributed by atoms with E-state index in [2.05, 4.69) is 22.7 Å². The first kappa shape index (κ1) is 16.0. The van der Waals surface area contributed by atoms with E-state index in [9.17, 15) is 0 Å². The number of para-hydroxylation sites is 1. The van der Waals surface area contributed by atoms with Crippen molar-refractivity contribution >= 4 is 17.1 Å². The van der Waals surface area contributed by atoms with Crippen molar-refractivity contribution in [2.45, 2.75) is 0 Å². The van der Waals surface area contributed by atoms with Gasteiger partial charge in [-0.1, -0.05) is 29.9 Å². The Morgan fingerprint density at radius 1 is 0.560 bits per heavy atom. The van der Waals surface area contributed by atoms with Crippen molar-refractivity contribution in [3.05, 3.63) is 89.5 Å². The highest BCUT2D eigenvalue weighted by atomic mass is 15.1. The van der Waals surface area contributed by atoms with Crippen molar-refractivity contribution in [2.75, 3.05) is 4.90 Å². The van der Waals surface area contributed by atoms with Gasteiger partial charge in [0.05, 0.1) is 5.69 Å². The average Bonchev–Trinajstić information content (AvgIpc) is 2.69. The summed E-state index contributed by atoms with van der Waals surface area (Å²) in [5, 5.41) is 0. The van der Waals surface area contributed by atoms with Crippen molar-refractivity contribution in [2.24, 2.45) is 0 Å². The molecule has 25 heavy (non-hydrogen) atoms. The molecule has 3 aromatic rings. The second kappa shape index (κ2) is 7.14. The summed E-state index contributed by atoms with van der Waals surface area (Å²) >= 11 is 0. The minimum atomic E-state index is 0.810. The Kier molecular flexibility index (Phi) is 4.58. The van der Waals surface area contributed by atoms with Crippen LogP contribution < -0.4 is 4.90 Å². The predicted octanol–water partition coefficient (Wildman–Crippen LogP) is 5.10. The molecule has 3 rings (SSSR count). The van der Waals surface area contributed by atoms with E-state index in [1.54, 1.807) is 0 Å². The molecule has 0 heterocycles. The fourth-order valence-corrected chi connectivity index (χ4v) is 2.63. The number of rotatable bonds is 3. The molecule has 0 saturated heterocycles. The molecule has 0 N–H and O–H groups in total. The molecule has 0 radical (unpaired) electrons. The second-order valence-corrected chi connectivity index (χ2v) is 5.38. The van der Waals surface area contributed by atoms with Crippen LogP contribution in [0.1, 0.15) is 16.7 Å². The topological polar surface area (TPSA) is 3.24 Å². The number of anilines is 3. The maximum Gasteiger partial charge on any atom is 0.0618 e. The zero-order chi connectivity index (χ0) is 17.6. The molecule has 116 valence electrons. The highest BCUT2D eigenvalue weighted by Gasteiger charge is 2.14. The fourth-order valence-electron chi connectivity index (χ4n) is 2.63. The van der Waals surface area contributed by atoms with E-state index in [0.717, 1.165) is 33.8 Å². The van der Waals surface area contributed by atoms with E-state index in [-0.39, 0.29) is 0 Å². The minimum Gasteiger partial charge on any atom is -0.309 e. The van der Waals surface area contributed by atoms with Crippen LogP contribution in [0.5, 0.6) is 0 Å². The first-order chi connectivity index (χ1) is 12.3. The molecule has 3 aromatic carbocycles. The summed E-state index contributed by atoms with van der Waals surface area (Å²) in [5.74, 6) is 8.03. The Morgan fingerprint density at radius 2 is 1.04 bits per heavy atom. The Bertz CT molecular complexity index is 946. The Morgan fingerprint density at radius 3 is 1.48 bits per heavy atom. The lowest BCUT2D eigenvalue weighted by atomic mass is 10.1. The van der Waals surface area contributed by atoms with E-state index < -0.39 is 0 Å². The smallest absolute Gasteiger partial charge is 0.0618 e. The third-order valence-corrected chi connectivity index (χ3v) is 3.88. The van der Waals surface area contributed by atoms with Crippen LogP contribution in [0.25, 0.3) is 0 Å². The van der Waals surface area contributed by atoms with Gasteiger partial charge in [0.1, 0.15) is 0 Å². The normalized spacial score (nSPS) is 9.48. The summed E-state index contributed by atoms with van der Waals surface area (Å²) < 4.78 is 0. The van der Waals surface area contributed by atoms with E-state index in [4.69, 9.17) is 19.3 Å². The third kappa shape index (κ3) is 3.25. The van der Waals surface area contributed by atoms with E-state index >= 15 is 0 Å². The molecule has 0 aliphatic carbocycles. The predicted molar refractivity (Wildman–Crippen MR) is 105 cm³/mol. The monoisotopic (exact) mass is 317 g/mol. The molecule has 0 amide bonds. The molecule has 1 heteroatoms. The first-order valence-corrected chi connectivity index (χ1v) is 7.76. The van der Waals surface area contributed by atoms with Crippen molar-refractivity contribution in [1.29, 1.82) is 0 Å². The lowest BCUT2D eigenvalue weighted by Crippen LogP contribution is -2.11. The van der Waals surface area contributed by atoms with Crippen LogP contribution in [-0.2, 0) is 0 Å². The maximum absolute atomic E-state index is 5.71. The molecule has 0 aromatic heterocycles. The molecule has 0 bridgehead atoms. The lowest BCUT2D eigenvalue weighted by molar-refractivity contribution is 1.27. The van der Waals surface area contributed by atoms with Gasteiger partial charge in [-0.05, 0) is 60.7 Å². The summed E-state index contributed by atoms with van der Waals surface area (Å²) in [5.41, 5.74) is 5.33. The third-order valence-electron chi connectivity index (χ3n) is 3.88. The SMILES string of the molecule is C#Cc1ccc(N(c2ccc(C#C)cc2)c2ccccc2C#C)cc1. The molecule has 1 nitrogen and oxygen atoms in total. The summed E-state index contributed by atoms with van der Waals surface area (Å²) in [7, 11) is 0. The molecule has 0 aliphatic heterocycles. The van der Waals surface area contributed by atoms with Crippen molar-refractivity contribution in [3.63, 3.8) is 0 Å². The van der Waals surface area contributed by atoms with Gasteiger partial charge < -0.3 is 4.90 Å². The summed E-state index contributed by atoms with van der Waals surface area (Å²) in [4.78, 5) is 2.09. The van der Waals surface area contributed by atoms with Crippen LogP contribution in [0.15, 0.2) is 72.8 Å².